The number of rotatable bonds is 1. The summed E-state index contributed by atoms with van der Waals surface area (Å²) in [6.45, 7) is 3.51. The largest absolute Gasteiger partial charge is 0.483 e. The van der Waals surface area contributed by atoms with Gasteiger partial charge in [0.2, 0.25) is 0 Å². The fourth-order valence-corrected chi connectivity index (χ4v) is 2.58. The van der Waals surface area contributed by atoms with Gasteiger partial charge in [0.05, 0.1) is 16.8 Å². The normalized spacial score (nSPS) is 16.8. The number of pyridine rings is 1. The van der Waals surface area contributed by atoms with Gasteiger partial charge in [-0.2, -0.15) is 13.2 Å². The molecule has 0 spiro atoms. The molecule has 5 nitrogen and oxygen atoms in total. The number of amides is 1. The predicted molar refractivity (Wildman–Crippen MR) is 68.0 cm³/mol. The van der Waals surface area contributed by atoms with E-state index in [0.29, 0.717) is 0 Å². The van der Waals surface area contributed by atoms with Crippen molar-refractivity contribution in [1.82, 2.24) is 9.97 Å². The predicted octanol–water partition coefficient (Wildman–Crippen LogP) is 2.39. The van der Waals surface area contributed by atoms with Crippen LogP contribution in [0.25, 0.3) is 10.9 Å². The highest BCUT2D eigenvalue weighted by Gasteiger charge is 2.41. The van der Waals surface area contributed by atoms with E-state index in [1.54, 1.807) is 13.8 Å². The molecule has 2 aromatic rings. The number of aromatic nitrogens is 2. The van der Waals surface area contributed by atoms with Gasteiger partial charge >= 0.3 is 6.18 Å². The van der Waals surface area contributed by atoms with Gasteiger partial charge in [0.1, 0.15) is 5.60 Å². The molecule has 0 unspecified atom stereocenters. The number of primary amides is 1. The molecule has 0 saturated heterocycles. The van der Waals surface area contributed by atoms with E-state index < -0.39 is 23.4 Å². The highest BCUT2D eigenvalue weighted by molar-refractivity contribution is 6.08. The second-order valence-electron chi connectivity index (χ2n) is 5.59. The molecule has 21 heavy (non-hydrogen) atoms. The lowest BCUT2D eigenvalue weighted by Gasteiger charge is -2.16. The van der Waals surface area contributed by atoms with E-state index in [1.165, 1.54) is 0 Å². The molecule has 0 radical (unpaired) electrons. The zero-order valence-electron chi connectivity index (χ0n) is 11.3. The Morgan fingerprint density at radius 3 is 2.71 bits per heavy atom. The van der Waals surface area contributed by atoms with Crippen molar-refractivity contribution in [3.8, 4) is 5.75 Å². The Hall–Kier alpha value is -2.25. The van der Waals surface area contributed by atoms with Crippen molar-refractivity contribution in [2.24, 2.45) is 5.73 Å². The lowest BCUT2D eigenvalue weighted by atomic mass is 10.0. The van der Waals surface area contributed by atoms with Crippen LogP contribution in [0.3, 0.4) is 0 Å². The topological polar surface area (TPSA) is 81.0 Å². The van der Waals surface area contributed by atoms with Crippen LogP contribution in [0.1, 0.15) is 35.6 Å². The monoisotopic (exact) mass is 299 g/mol. The SMILES string of the molecule is CC1(C)Cc2nc(C(F)(F)F)c3c(C(N)=O)c[nH]c3c2O1. The number of ether oxygens (including phenoxy) is 1. The molecule has 0 saturated carbocycles. The van der Waals surface area contributed by atoms with Crippen molar-refractivity contribution in [3.63, 3.8) is 0 Å². The van der Waals surface area contributed by atoms with Crippen LogP contribution < -0.4 is 10.5 Å². The van der Waals surface area contributed by atoms with Gasteiger partial charge in [0, 0.05) is 18.0 Å². The first-order valence-electron chi connectivity index (χ1n) is 6.20. The Morgan fingerprint density at radius 1 is 1.48 bits per heavy atom. The second-order valence-corrected chi connectivity index (χ2v) is 5.59. The summed E-state index contributed by atoms with van der Waals surface area (Å²) in [5.74, 6) is -0.707. The van der Waals surface area contributed by atoms with Gasteiger partial charge in [-0.25, -0.2) is 4.98 Å². The Balaban J connectivity index is 2.39. The average Bonchev–Trinajstić information content (AvgIpc) is 2.85. The highest BCUT2D eigenvalue weighted by Crippen LogP contribution is 2.44. The van der Waals surface area contributed by atoms with Crippen molar-refractivity contribution in [1.29, 1.82) is 0 Å². The maximum Gasteiger partial charge on any atom is 0.434 e. The number of nitrogens with one attached hydrogen (secondary N) is 1. The van der Waals surface area contributed by atoms with Crippen LogP contribution in [-0.4, -0.2) is 21.5 Å². The number of hydrogen-bond donors (Lipinski definition) is 2. The fourth-order valence-electron chi connectivity index (χ4n) is 2.58. The Bertz CT molecular complexity index is 762. The maximum atomic E-state index is 13.2. The zero-order chi connectivity index (χ0) is 15.6. The summed E-state index contributed by atoms with van der Waals surface area (Å²) in [4.78, 5) is 17.7. The van der Waals surface area contributed by atoms with E-state index in [2.05, 4.69) is 9.97 Å². The molecule has 1 amide bonds. The molecule has 8 heteroatoms. The van der Waals surface area contributed by atoms with Crippen LogP contribution in [0.5, 0.6) is 5.75 Å². The van der Waals surface area contributed by atoms with Crippen molar-refractivity contribution in [2.45, 2.75) is 32.0 Å². The maximum absolute atomic E-state index is 13.2. The van der Waals surface area contributed by atoms with E-state index in [9.17, 15) is 18.0 Å². The number of carbonyl (C=O) groups excluding carboxylic acids is 1. The quantitative estimate of drug-likeness (QED) is 0.848. The minimum Gasteiger partial charge on any atom is -0.483 e. The van der Waals surface area contributed by atoms with E-state index in [0.717, 1.165) is 6.20 Å². The molecule has 112 valence electrons. The van der Waals surface area contributed by atoms with Crippen molar-refractivity contribution >= 4 is 16.8 Å². The number of carbonyl (C=O) groups is 1. The first-order chi connectivity index (χ1) is 9.60. The van der Waals surface area contributed by atoms with Gasteiger partial charge in [-0.1, -0.05) is 0 Å². The number of nitrogens with zero attached hydrogens (tertiary/aromatic N) is 1. The first kappa shape index (κ1) is 13.7. The van der Waals surface area contributed by atoms with Crippen LogP contribution in [-0.2, 0) is 12.6 Å². The van der Waals surface area contributed by atoms with Crippen molar-refractivity contribution in [2.75, 3.05) is 0 Å². The summed E-state index contributed by atoms with van der Waals surface area (Å²) in [5, 5.41) is -0.341. The summed E-state index contributed by atoms with van der Waals surface area (Å²) in [6, 6.07) is 0. The lowest BCUT2D eigenvalue weighted by molar-refractivity contribution is -0.139. The van der Waals surface area contributed by atoms with Gasteiger partial charge < -0.3 is 15.5 Å². The fraction of sp³-hybridized carbons (Fsp3) is 0.385. The molecule has 1 aliphatic heterocycles. The molecule has 3 heterocycles. The average molecular weight is 299 g/mol. The van der Waals surface area contributed by atoms with Crippen molar-refractivity contribution < 1.29 is 22.7 Å². The zero-order valence-corrected chi connectivity index (χ0v) is 11.3. The van der Waals surface area contributed by atoms with E-state index in [1.807, 2.05) is 0 Å². The standard InChI is InChI=1S/C13H12F3N3O2/c1-12(2)3-6-9(21-12)8-7(5(4-18-8)11(17)20)10(19-6)13(14,15)16/h4,18H,3H2,1-2H3,(H2,17,20). The Kier molecular flexibility index (Phi) is 2.55. The lowest BCUT2D eigenvalue weighted by Crippen LogP contribution is -2.24. The highest BCUT2D eigenvalue weighted by atomic mass is 19.4. The molecule has 0 bridgehead atoms. The summed E-state index contributed by atoms with van der Waals surface area (Å²) in [6.07, 6.45) is -3.28. The molecule has 1 aliphatic rings. The summed E-state index contributed by atoms with van der Waals surface area (Å²) in [5.41, 5.74) is 3.45. The molecular weight excluding hydrogens is 287 g/mol. The van der Waals surface area contributed by atoms with Crippen LogP contribution in [0.2, 0.25) is 0 Å². The van der Waals surface area contributed by atoms with E-state index >= 15 is 0 Å². The smallest absolute Gasteiger partial charge is 0.434 e. The Labute approximate surface area is 117 Å². The third-order valence-corrected chi connectivity index (χ3v) is 3.36. The van der Waals surface area contributed by atoms with Gasteiger partial charge in [-0.05, 0) is 13.8 Å². The number of halogens is 3. The van der Waals surface area contributed by atoms with Gasteiger partial charge in [0.25, 0.3) is 5.91 Å². The summed E-state index contributed by atoms with van der Waals surface area (Å²) >= 11 is 0. The third kappa shape index (κ3) is 2.01. The van der Waals surface area contributed by atoms with E-state index in [-0.39, 0.29) is 34.3 Å². The molecule has 0 aliphatic carbocycles. The van der Waals surface area contributed by atoms with Crippen LogP contribution in [0.15, 0.2) is 6.20 Å². The molecule has 0 fully saturated rings. The summed E-state index contributed by atoms with van der Waals surface area (Å²) in [7, 11) is 0. The number of aromatic amines is 1. The second kappa shape index (κ2) is 3.90. The van der Waals surface area contributed by atoms with Crippen LogP contribution in [0, 0.1) is 0 Å². The number of H-pyrrole nitrogens is 1. The number of alkyl halides is 3. The van der Waals surface area contributed by atoms with Crippen LogP contribution in [0.4, 0.5) is 13.2 Å². The molecule has 3 rings (SSSR count). The van der Waals surface area contributed by atoms with Crippen molar-refractivity contribution in [3.05, 3.63) is 23.1 Å². The summed E-state index contributed by atoms with van der Waals surface area (Å²) < 4.78 is 45.3. The van der Waals surface area contributed by atoms with Gasteiger partial charge in [-0.15, -0.1) is 0 Å². The van der Waals surface area contributed by atoms with Gasteiger partial charge in [0.15, 0.2) is 11.4 Å². The minimum absolute atomic E-state index is 0.103. The molecule has 3 N–H and O–H groups in total. The third-order valence-electron chi connectivity index (χ3n) is 3.36. The molecular formula is C13H12F3N3O2. The molecule has 0 atom stereocenters. The van der Waals surface area contributed by atoms with E-state index in [4.69, 9.17) is 10.5 Å². The Morgan fingerprint density at radius 2 is 2.14 bits per heavy atom. The van der Waals surface area contributed by atoms with Crippen LogP contribution >= 0.6 is 0 Å². The molecule has 0 aromatic carbocycles. The molecule has 2 aromatic heterocycles. The number of fused-ring (bicyclic) bond motifs is 3. The number of hydrogen-bond acceptors (Lipinski definition) is 3. The van der Waals surface area contributed by atoms with Gasteiger partial charge in [-0.3, -0.25) is 4.79 Å². The first-order valence-corrected chi connectivity index (χ1v) is 6.20. The number of nitrogens with two attached hydrogens (primary N) is 1. The minimum atomic E-state index is -4.69.